The molecule has 5 heterocycles. The minimum Gasteiger partial charge on any atom is -0.500 e. The molecule has 3 unspecified atom stereocenters. The number of carbonyl (C=O) groups excluding carboxylic acids is 5. The zero-order chi connectivity index (χ0) is 47.3. The van der Waals surface area contributed by atoms with Gasteiger partial charge in [-0.2, -0.15) is 0 Å². The van der Waals surface area contributed by atoms with Crippen molar-refractivity contribution in [1.29, 1.82) is 0 Å². The number of allylic oxidation sites excluding steroid dienone is 2. The van der Waals surface area contributed by atoms with Gasteiger partial charge in [0.15, 0.2) is 5.82 Å². The maximum absolute atomic E-state index is 14.8. The lowest BCUT2D eigenvalue weighted by Gasteiger charge is -2.57. The predicted octanol–water partition coefficient (Wildman–Crippen LogP) is 4.28. The molecule has 1 aromatic heterocycles. The van der Waals surface area contributed by atoms with E-state index in [0.29, 0.717) is 66.2 Å². The number of carbonyl (C=O) groups is 5. The number of aliphatic hydroxyl groups excluding tert-OH is 1. The highest BCUT2D eigenvalue weighted by molar-refractivity contribution is 6.07. The summed E-state index contributed by atoms with van der Waals surface area (Å²) in [6, 6.07) is 4.82. The first kappa shape index (κ1) is 46.7. The average Bonchev–Trinajstić information content (AvgIpc) is 3.85. The maximum Gasteiger partial charge on any atom is 0.328 e. The minimum atomic E-state index is -1.60. The van der Waals surface area contributed by atoms with Crippen LogP contribution in [0.1, 0.15) is 118 Å². The number of aromatic nitrogens is 2. The highest BCUT2D eigenvalue weighted by Crippen LogP contribution is 2.49. The second-order valence-corrected chi connectivity index (χ2v) is 20.5. The molecule has 7 aliphatic rings. The molecule has 0 radical (unpaired) electrons. The highest BCUT2D eigenvalue weighted by atomic mass is 16.5. The molecular formula is C50H68N10O7. The first-order valence-corrected chi connectivity index (χ1v) is 24.5. The molecule has 17 nitrogen and oxygen atoms in total. The maximum atomic E-state index is 14.8. The van der Waals surface area contributed by atoms with E-state index in [2.05, 4.69) is 20.4 Å². The van der Waals surface area contributed by atoms with Crippen molar-refractivity contribution in [2.24, 2.45) is 17.1 Å². The molecule has 1 aromatic carbocycles. The molecule has 9 rings (SSSR count). The summed E-state index contributed by atoms with van der Waals surface area (Å²) in [5, 5.41) is 16.2. The molecule has 3 atom stereocenters. The van der Waals surface area contributed by atoms with E-state index in [1.165, 1.54) is 4.90 Å². The number of aryl methyl sites for hydroxylation is 1. The van der Waals surface area contributed by atoms with E-state index >= 15 is 0 Å². The summed E-state index contributed by atoms with van der Waals surface area (Å²) in [6.45, 7) is 8.43. The Labute approximate surface area is 393 Å². The Morgan fingerprint density at radius 3 is 2.42 bits per heavy atom. The number of amides is 6. The third-order valence-corrected chi connectivity index (χ3v) is 16.3. The van der Waals surface area contributed by atoms with Gasteiger partial charge in [0, 0.05) is 82.2 Å². The molecule has 360 valence electrons. The van der Waals surface area contributed by atoms with E-state index in [1.54, 1.807) is 49.5 Å². The van der Waals surface area contributed by atoms with Crippen molar-refractivity contribution < 1.29 is 33.8 Å². The molecule has 2 aromatic rings. The van der Waals surface area contributed by atoms with Crippen molar-refractivity contribution in [2.45, 2.75) is 126 Å². The fourth-order valence-corrected chi connectivity index (χ4v) is 12.3. The Bertz CT molecular complexity index is 2320. The number of hydrogen-bond donors (Lipinski definition) is 4. The van der Waals surface area contributed by atoms with Crippen molar-refractivity contribution >= 4 is 46.9 Å². The van der Waals surface area contributed by atoms with Crippen molar-refractivity contribution in [3.63, 3.8) is 0 Å². The van der Waals surface area contributed by atoms with Gasteiger partial charge < -0.3 is 40.5 Å². The molecule has 6 amide bonds. The summed E-state index contributed by atoms with van der Waals surface area (Å²) in [4.78, 5) is 86.2. The van der Waals surface area contributed by atoms with Crippen LogP contribution in [0.25, 0.3) is 0 Å². The van der Waals surface area contributed by atoms with Crippen LogP contribution in [0.15, 0.2) is 48.4 Å². The third kappa shape index (κ3) is 8.71. The summed E-state index contributed by atoms with van der Waals surface area (Å²) >= 11 is 0. The number of nitrogens with one attached hydrogen (secondary N) is 2. The van der Waals surface area contributed by atoms with Crippen LogP contribution >= 0.6 is 0 Å². The number of likely N-dealkylation sites (N-methyl/N-ethyl adjacent to an activating group) is 1. The lowest BCUT2D eigenvalue weighted by Crippen LogP contribution is -2.66. The number of imide groups is 1. The van der Waals surface area contributed by atoms with Gasteiger partial charge in [0.1, 0.15) is 34.8 Å². The SMILES string of the molecule is CCC1C(=O)N(C)c2cnc(C3C(OC)=CC=CC3(N)C(=O)NC3(CCO)CCC4(CC3)CN(CC3CCN(C(=O)c5ccc(C)c(N6CCC(=O)NC6=O)c5)CC3)C4)nc2N1C1CCCC1. The number of aliphatic hydroxyl groups is 1. The minimum absolute atomic E-state index is 0.0248. The monoisotopic (exact) mass is 921 g/mol. The van der Waals surface area contributed by atoms with Gasteiger partial charge in [0.2, 0.25) is 17.7 Å². The van der Waals surface area contributed by atoms with Crippen LogP contribution < -0.4 is 31.1 Å². The van der Waals surface area contributed by atoms with Crippen molar-refractivity contribution in [3.05, 3.63) is 65.3 Å². The first-order chi connectivity index (χ1) is 32.2. The number of likely N-dealkylation sites (tertiary alicyclic amines) is 2. The van der Waals surface area contributed by atoms with E-state index in [9.17, 15) is 29.1 Å². The smallest absolute Gasteiger partial charge is 0.328 e. The quantitative estimate of drug-likeness (QED) is 0.236. The number of benzene rings is 1. The fourth-order valence-electron chi connectivity index (χ4n) is 12.3. The van der Waals surface area contributed by atoms with E-state index in [4.69, 9.17) is 20.4 Å². The molecular weight excluding hydrogens is 853 g/mol. The van der Waals surface area contributed by atoms with Gasteiger partial charge in [-0.15, -0.1) is 0 Å². The number of anilines is 3. The van der Waals surface area contributed by atoms with Crippen LogP contribution in [0.5, 0.6) is 0 Å². The van der Waals surface area contributed by atoms with Crippen molar-refractivity contribution in [3.8, 4) is 0 Å². The van der Waals surface area contributed by atoms with Gasteiger partial charge >= 0.3 is 6.03 Å². The summed E-state index contributed by atoms with van der Waals surface area (Å²) < 4.78 is 5.91. The zero-order valence-corrected chi connectivity index (χ0v) is 39.6. The van der Waals surface area contributed by atoms with Crippen LogP contribution in [0.2, 0.25) is 0 Å². The number of hydrogen-bond acceptors (Lipinski definition) is 12. The van der Waals surface area contributed by atoms with Gasteiger partial charge in [-0.3, -0.25) is 29.4 Å². The Kier molecular flexibility index (Phi) is 13.0. The second-order valence-electron chi connectivity index (χ2n) is 20.5. The van der Waals surface area contributed by atoms with Crippen LogP contribution in [0.3, 0.4) is 0 Å². The van der Waals surface area contributed by atoms with E-state index in [-0.39, 0.29) is 60.7 Å². The number of nitrogens with zero attached hydrogens (tertiary/aromatic N) is 7. The number of piperidine rings is 1. The molecule has 17 heteroatoms. The molecule has 2 saturated carbocycles. The second kappa shape index (κ2) is 18.6. The van der Waals surface area contributed by atoms with Crippen LogP contribution in [0.4, 0.5) is 22.0 Å². The van der Waals surface area contributed by atoms with Crippen molar-refractivity contribution in [2.75, 3.05) is 74.7 Å². The van der Waals surface area contributed by atoms with E-state index in [0.717, 1.165) is 89.4 Å². The molecule has 4 aliphatic heterocycles. The van der Waals surface area contributed by atoms with Crippen LogP contribution in [0, 0.1) is 18.3 Å². The van der Waals surface area contributed by atoms with Gasteiger partial charge in [-0.05, 0) is 106 Å². The number of rotatable bonds is 12. The molecule has 5 fully saturated rings. The lowest BCUT2D eigenvalue weighted by atomic mass is 9.62. The average molecular weight is 921 g/mol. The fraction of sp³-hybridized carbons (Fsp3) is 0.620. The number of urea groups is 1. The van der Waals surface area contributed by atoms with Crippen LogP contribution in [-0.4, -0.2) is 138 Å². The summed E-state index contributed by atoms with van der Waals surface area (Å²) in [7, 11) is 3.33. The Balaban J connectivity index is 0.819. The molecule has 67 heavy (non-hydrogen) atoms. The van der Waals surface area contributed by atoms with E-state index in [1.807, 2.05) is 30.9 Å². The predicted molar refractivity (Wildman–Crippen MR) is 253 cm³/mol. The Morgan fingerprint density at radius 2 is 1.75 bits per heavy atom. The first-order valence-electron chi connectivity index (χ1n) is 24.5. The number of nitrogens with two attached hydrogens (primary N) is 1. The van der Waals surface area contributed by atoms with E-state index < -0.39 is 23.0 Å². The standard InChI is InChI=1S/C50H68N10O7/c1-5-36-45(64)56(3)38-28-52-42(54-43(38)60(36)35-9-6-7-10-35)41-39(67-4)11-8-17-50(41,51)46(65)55-49(22-26-61)20-18-48(19-21-49)30-57(31-48)29-33-14-23-58(24-15-33)44(63)34-13-12-32(2)37(27-34)59-25-16-40(62)53-47(59)66/h8,11-13,17,27-28,33,35-36,41,61H,5-7,9-10,14-16,18-26,29-31,51H2,1-4H3,(H,55,65)(H,53,62,66). The largest absolute Gasteiger partial charge is 0.500 e. The molecule has 3 saturated heterocycles. The van der Waals surface area contributed by atoms with Crippen molar-refractivity contribution in [1.82, 2.24) is 30.4 Å². The lowest BCUT2D eigenvalue weighted by molar-refractivity contribution is -0.130. The molecule has 5 N–H and O–H groups in total. The van der Waals surface area contributed by atoms with Gasteiger partial charge in [-0.1, -0.05) is 38.0 Å². The number of ether oxygens (including phenoxy) is 1. The summed E-state index contributed by atoms with van der Waals surface area (Å²) in [5.41, 5.74) is 7.86. The van der Waals surface area contributed by atoms with Gasteiger partial charge in [0.25, 0.3) is 5.91 Å². The summed E-state index contributed by atoms with van der Waals surface area (Å²) in [6.07, 6.45) is 17.5. The van der Waals surface area contributed by atoms with Crippen LogP contribution in [-0.2, 0) is 19.1 Å². The Morgan fingerprint density at radius 1 is 1.01 bits per heavy atom. The van der Waals surface area contributed by atoms with Gasteiger partial charge in [0.05, 0.1) is 13.3 Å². The number of methoxy groups -OCH3 is 1. The third-order valence-electron chi connectivity index (χ3n) is 16.3. The number of fused-ring (bicyclic) bond motifs is 1. The summed E-state index contributed by atoms with van der Waals surface area (Å²) in [5.74, 6) is 0.456. The molecule has 3 aliphatic carbocycles. The topological polar surface area (TPSA) is 207 Å². The van der Waals surface area contributed by atoms with Gasteiger partial charge in [-0.25, -0.2) is 14.8 Å². The highest BCUT2D eigenvalue weighted by Gasteiger charge is 2.53. The Hall–Kier alpha value is -5.39. The zero-order valence-electron chi connectivity index (χ0n) is 39.6. The normalized spacial score (nSPS) is 26.6. The molecule has 1 spiro atoms. The molecule has 0 bridgehead atoms.